The van der Waals surface area contributed by atoms with Gasteiger partial charge in [-0.05, 0) is 44.1 Å². The first-order chi connectivity index (χ1) is 9.15. The van der Waals surface area contributed by atoms with Gasteiger partial charge < -0.3 is 9.73 Å². The predicted molar refractivity (Wildman–Crippen MR) is 76.5 cm³/mol. The van der Waals surface area contributed by atoms with Crippen molar-refractivity contribution < 1.29 is 4.42 Å². The van der Waals surface area contributed by atoms with Gasteiger partial charge in [0.15, 0.2) is 5.22 Å². The fourth-order valence-electron chi connectivity index (χ4n) is 2.05. The van der Waals surface area contributed by atoms with Gasteiger partial charge in [0.1, 0.15) is 0 Å². The summed E-state index contributed by atoms with van der Waals surface area (Å²) in [6.07, 6.45) is 5.51. The Kier molecular flexibility index (Phi) is 4.66. The molecule has 5 heteroatoms. The van der Waals surface area contributed by atoms with Crippen LogP contribution >= 0.6 is 11.6 Å². The van der Waals surface area contributed by atoms with Crippen molar-refractivity contribution in [1.29, 1.82) is 0 Å². The number of furan rings is 1. The lowest BCUT2D eigenvalue weighted by molar-refractivity contribution is 0.468. The second kappa shape index (κ2) is 6.26. The van der Waals surface area contributed by atoms with Crippen molar-refractivity contribution in [1.82, 2.24) is 15.1 Å². The maximum absolute atomic E-state index is 6.03. The normalized spacial score (nSPS) is 14.5. The molecule has 19 heavy (non-hydrogen) atoms. The fourth-order valence-corrected chi connectivity index (χ4v) is 2.30. The summed E-state index contributed by atoms with van der Waals surface area (Å²) in [5.41, 5.74) is 2.03. The van der Waals surface area contributed by atoms with Crippen molar-refractivity contribution in [3.8, 4) is 0 Å². The van der Waals surface area contributed by atoms with Crippen LogP contribution in [0.25, 0.3) is 0 Å². The Hall–Kier alpha value is -1.26. The van der Waals surface area contributed by atoms with Gasteiger partial charge in [0.05, 0.1) is 12.0 Å². The number of hydrogen-bond donors (Lipinski definition) is 1. The fraction of sp³-hybridized carbons (Fsp3) is 0.500. The van der Waals surface area contributed by atoms with Crippen molar-refractivity contribution in [2.45, 2.75) is 38.8 Å². The second-order valence-corrected chi connectivity index (χ2v) is 5.08. The molecule has 0 spiro atoms. The summed E-state index contributed by atoms with van der Waals surface area (Å²) < 4.78 is 7.16. The van der Waals surface area contributed by atoms with E-state index in [1.165, 1.54) is 0 Å². The average molecular weight is 282 g/mol. The summed E-state index contributed by atoms with van der Waals surface area (Å²) in [7, 11) is 1.92. The van der Waals surface area contributed by atoms with Crippen LogP contribution in [0, 0.1) is 0 Å². The molecule has 0 radical (unpaired) electrons. The van der Waals surface area contributed by atoms with Gasteiger partial charge >= 0.3 is 0 Å². The predicted octanol–water partition coefficient (Wildman–Crippen LogP) is 3.60. The summed E-state index contributed by atoms with van der Waals surface area (Å²) in [5.74, 6) is 0. The summed E-state index contributed by atoms with van der Waals surface area (Å²) in [5, 5.41) is 8.31. The average Bonchev–Trinajstić information content (AvgIpc) is 3.04. The molecule has 1 N–H and O–H groups in total. The van der Waals surface area contributed by atoms with Crippen molar-refractivity contribution in [2.75, 3.05) is 7.05 Å². The summed E-state index contributed by atoms with van der Waals surface area (Å²) >= 11 is 6.03. The Morgan fingerprint density at radius 3 is 2.84 bits per heavy atom. The van der Waals surface area contributed by atoms with Crippen LogP contribution in [0.5, 0.6) is 0 Å². The maximum atomic E-state index is 6.03. The lowest BCUT2D eigenvalue weighted by atomic mass is 10.1. The lowest BCUT2D eigenvalue weighted by Gasteiger charge is -2.13. The van der Waals surface area contributed by atoms with E-state index in [1.54, 1.807) is 6.26 Å². The Morgan fingerprint density at radius 2 is 2.26 bits per heavy atom. The Morgan fingerprint density at radius 1 is 1.47 bits per heavy atom. The molecular weight excluding hydrogens is 262 g/mol. The maximum Gasteiger partial charge on any atom is 0.197 e. The molecule has 0 fully saturated rings. The van der Waals surface area contributed by atoms with E-state index in [4.69, 9.17) is 16.0 Å². The Labute approximate surface area is 118 Å². The molecule has 0 saturated carbocycles. The SMILES string of the molecule is CCC(C)n1ccc(CC(NC)c2ccoc2Cl)n1. The highest BCUT2D eigenvalue weighted by molar-refractivity contribution is 6.29. The van der Waals surface area contributed by atoms with Crippen LogP contribution in [0.1, 0.15) is 43.6 Å². The van der Waals surface area contributed by atoms with Crippen LogP contribution < -0.4 is 5.32 Å². The number of nitrogens with one attached hydrogen (secondary N) is 1. The van der Waals surface area contributed by atoms with Gasteiger partial charge in [0.2, 0.25) is 0 Å². The van der Waals surface area contributed by atoms with E-state index in [2.05, 4.69) is 30.3 Å². The summed E-state index contributed by atoms with van der Waals surface area (Å²) in [4.78, 5) is 0. The lowest BCUT2D eigenvalue weighted by Crippen LogP contribution is -2.19. The number of nitrogens with zero attached hydrogens (tertiary/aromatic N) is 2. The van der Waals surface area contributed by atoms with Gasteiger partial charge in [-0.1, -0.05) is 6.92 Å². The van der Waals surface area contributed by atoms with Crippen molar-refractivity contribution in [2.24, 2.45) is 0 Å². The van der Waals surface area contributed by atoms with Crippen LogP contribution in [-0.2, 0) is 6.42 Å². The van der Waals surface area contributed by atoms with Gasteiger partial charge in [-0.3, -0.25) is 4.68 Å². The third kappa shape index (κ3) is 3.19. The quantitative estimate of drug-likeness (QED) is 0.880. The number of hydrogen-bond acceptors (Lipinski definition) is 3. The van der Waals surface area contributed by atoms with E-state index in [1.807, 2.05) is 24.0 Å². The molecule has 0 amide bonds. The number of rotatable bonds is 6. The molecule has 0 aliphatic heterocycles. The van der Waals surface area contributed by atoms with Crippen LogP contribution in [0.15, 0.2) is 29.0 Å². The highest BCUT2D eigenvalue weighted by atomic mass is 35.5. The van der Waals surface area contributed by atoms with E-state index < -0.39 is 0 Å². The van der Waals surface area contributed by atoms with Crippen molar-refractivity contribution >= 4 is 11.6 Å². The summed E-state index contributed by atoms with van der Waals surface area (Å²) in [6.45, 7) is 4.33. The molecule has 104 valence electrons. The number of likely N-dealkylation sites (N-methyl/N-ethyl adjacent to an activating group) is 1. The largest absolute Gasteiger partial charge is 0.453 e. The van der Waals surface area contributed by atoms with Gasteiger partial charge in [0, 0.05) is 30.3 Å². The highest BCUT2D eigenvalue weighted by Gasteiger charge is 2.17. The monoisotopic (exact) mass is 281 g/mol. The minimum Gasteiger partial charge on any atom is -0.453 e. The third-order valence-corrected chi connectivity index (χ3v) is 3.80. The van der Waals surface area contributed by atoms with E-state index in [-0.39, 0.29) is 6.04 Å². The smallest absolute Gasteiger partial charge is 0.197 e. The van der Waals surface area contributed by atoms with E-state index >= 15 is 0 Å². The van der Waals surface area contributed by atoms with Gasteiger partial charge in [-0.15, -0.1) is 0 Å². The molecule has 2 rings (SSSR count). The van der Waals surface area contributed by atoms with Crippen LogP contribution in [0.2, 0.25) is 5.22 Å². The minimum absolute atomic E-state index is 0.117. The van der Waals surface area contributed by atoms with Crippen molar-refractivity contribution in [3.05, 3.63) is 41.1 Å². The second-order valence-electron chi connectivity index (χ2n) is 4.74. The Bertz CT molecular complexity index is 520. The van der Waals surface area contributed by atoms with Gasteiger partial charge in [-0.25, -0.2) is 0 Å². The molecule has 2 aromatic heterocycles. The molecular formula is C14H20ClN3O. The Balaban J connectivity index is 2.11. The van der Waals surface area contributed by atoms with E-state index in [0.717, 1.165) is 24.1 Å². The molecule has 2 unspecified atom stereocenters. The molecule has 2 aromatic rings. The first-order valence-electron chi connectivity index (χ1n) is 6.59. The van der Waals surface area contributed by atoms with E-state index in [0.29, 0.717) is 11.3 Å². The first-order valence-corrected chi connectivity index (χ1v) is 6.97. The summed E-state index contributed by atoms with van der Waals surface area (Å²) in [6, 6.07) is 4.51. The topological polar surface area (TPSA) is 43.0 Å². The first kappa shape index (κ1) is 14.2. The van der Waals surface area contributed by atoms with E-state index in [9.17, 15) is 0 Å². The zero-order valence-electron chi connectivity index (χ0n) is 11.6. The minimum atomic E-state index is 0.117. The van der Waals surface area contributed by atoms with Crippen LogP contribution in [0.4, 0.5) is 0 Å². The van der Waals surface area contributed by atoms with Crippen LogP contribution in [0.3, 0.4) is 0 Å². The molecule has 0 aliphatic rings. The molecule has 0 bridgehead atoms. The molecule has 0 aliphatic carbocycles. The zero-order valence-corrected chi connectivity index (χ0v) is 12.3. The molecule has 0 aromatic carbocycles. The number of aromatic nitrogens is 2. The third-order valence-electron chi connectivity index (χ3n) is 3.49. The standard InChI is InChI=1S/C14H20ClN3O/c1-4-10(2)18-7-5-11(17-18)9-13(16-3)12-6-8-19-14(12)15/h5-8,10,13,16H,4,9H2,1-3H3. The molecule has 2 atom stereocenters. The molecule has 4 nitrogen and oxygen atoms in total. The highest BCUT2D eigenvalue weighted by Crippen LogP contribution is 2.26. The number of halogens is 1. The van der Waals surface area contributed by atoms with Crippen LogP contribution in [-0.4, -0.2) is 16.8 Å². The van der Waals surface area contributed by atoms with Crippen molar-refractivity contribution in [3.63, 3.8) is 0 Å². The molecule has 0 saturated heterocycles. The zero-order chi connectivity index (χ0) is 13.8. The molecule has 2 heterocycles. The van der Waals surface area contributed by atoms with Gasteiger partial charge in [0.25, 0.3) is 0 Å². The van der Waals surface area contributed by atoms with Gasteiger partial charge in [-0.2, -0.15) is 5.10 Å².